The quantitative estimate of drug-likeness (QED) is 0.211. The summed E-state index contributed by atoms with van der Waals surface area (Å²) < 4.78 is 4.91. The van der Waals surface area contributed by atoms with E-state index in [0.717, 1.165) is 30.6 Å². The average Bonchev–Trinajstić information content (AvgIpc) is 2.69. The maximum atomic E-state index is 11.7. The van der Waals surface area contributed by atoms with Gasteiger partial charge in [-0.15, -0.1) is 0 Å². The van der Waals surface area contributed by atoms with Gasteiger partial charge in [-0.25, -0.2) is 0 Å². The molecule has 0 amide bonds. The Labute approximate surface area is 184 Å². The molecule has 2 unspecified atom stereocenters. The molecule has 0 heterocycles. The molecule has 0 aromatic rings. The fourth-order valence-electron chi connectivity index (χ4n) is 3.54. The van der Waals surface area contributed by atoms with Crippen LogP contribution in [0.3, 0.4) is 0 Å². The number of aliphatic hydroxyl groups excluding tert-OH is 3. The minimum absolute atomic E-state index is 0.165. The van der Waals surface area contributed by atoms with E-state index in [1.54, 1.807) is 0 Å². The zero-order chi connectivity index (χ0) is 22.9. The average molecular weight is 429 g/mol. The number of carbonyl (C=O) groups is 1. The number of aliphatic hydroxyl groups is 3. The summed E-state index contributed by atoms with van der Waals surface area (Å²) in [5.41, 5.74) is 1.17. The second-order valence-electron chi connectivity index (χ2n) is 9.61. The van der Waals surface area contributed by atoms with Gasteiger partial charge in [0, 0.05) is 0 Å². The third-order valence-corrected chi connectivity index (χ3v) is 5.80. The molecule has 0 rings (SSSR count). The van der Waals surface area contributed by atoms with E-state index in [9.17, 15) is 15.0 Å². The summed E-state index contributed by atoms with van der Waals surface area (Å²) in [6.45, 7) is 10.5. The van der Waals surface area contributed by atoms with Crippen molar-refractivity contribution in [3.63, 3.8) is 0 Å². The van der Waals surface area contributed by atoms with Crippen molar-refractivity contribution in [2.75, 3.05) is 13.2 Å². The molecular formula is C25H48O5. The van der Waals surface area contributed by atoms with Crippen LogP contribution >= 0.6 is 0 Å². The van der Waals surface area contributed by atoms with E-state index in [0.29, 0.717) is 0 Å². The van der Waals surface area contributed by atoms with E-state index < -0.39 is 24.8 Å². The van der Waals surface area contributed by atoms with E-state index in [-0.39, 0.29) is 13.0 Å². The highest BCUT2D eigenvalue weighted by atomic mass is 16.5. The minimum Gasteiger partial charge on any atom is -0.463 e. The molecule has 0 saturated carbocycles. The molecule has 3 N–H and O–H groups in total. The third kappa shape index (κ3) is 16.8. The standard InChI is InChI=1S/C25H48O5/c1-19(2)9-6-10-20(3)11-7-12-21(4)13-8-14-22(5)15-16-25(29)30-18-24(28)23(27)17-26/h15,19-21,23-24,26-28H,6-14,16-18H2,1-5H3/t20?,21?,23-,24+/m1/s1. The van der Waals surface area contributed by atoms with Crippen molar-refractivity contribution in [3.05, 3.63) is 11.6 Å². The molecule has 30 heavy (non-hydrogen) atoms. The van der Waals surface area contributed by atoms with Crippen LogP contribution < -0.4 is 0 Å². The molecule has 178 valence electrons. The first kappa shape index (κ1) is 29.1. The Kier molecular flexibility index (Phi) is 17.2. The normalized spacial score (nSPS) is 16.4. The summed E-state index contributed by atoms with van der Waals surface area (Å²) in [7, 11) is 0. The fraction of sp³-hybridized carbons (Fsp3) is 0.880. The molecule has 4 atom stereocenters. The first-order valence-corrected chi connectivity index (χ1v) is 11.9. The number of rotatable bonds is 18. The van der Waals surface area contributed by atoms with Crippen molar-refractivity contribution in [3.8, 4) is 0 Å². The molecule has 5 heteroatoms. The number of carbonyl (C=O) groups excluding carboxylic acids is 1. The van der Waals surface area contributed by atoms with Crippen molar-refractivity contribution in [1.29, 1.82) is 0 Å². The van der Waals surface area contributed by atoms with Crippen molar-refractivity contribution in [2.45, 2.75) is 111 Å². The molecule has 0 spiro atoms. The summed E-state index contributed by atoms with van der Waals surface area (Å²) in [6, 6.07) is 0. The van der Waals surface area contributed by atoms with E-state index in [4.69, 9.17) is 9.84 Å². The van der Waals surface area contributed by atoms with E-state index >= 15 is 0 Å². The first-order chi connectivity index (χ1) is 14.1. The van der Waals surface area contributed by atoms with E-state index in [2.05, 4.69) is 27.7 Å². The van der Waals surface area contributed by atoms with Gasteiger partial charge in [0.25, 0.3) is 0 Å². The molecular weight excluding hydrogens is 380 g/mol. The van der Waals surface area contributed by atoms with Crippen LogP contribution in [0.15, 0.2) is 11.6 Å². The topological polar surface area (TPSA) is 87.0 Å². The lowest BCUT2D eigenvalue weighted by atomic mass is 9.91. The van der Waals surface area contributed by atoms with Crippen molar-refractivity contribution < 1.29 is 24.9 Å². The van der Waals surface area contributed by atoms with Gasteiger partial charge < -0.3 is 20.1 Å². The highest BCUT2D eigenvalue weighted by Gasteiger charge is 2.16. The second kappa shape index (κ2) is 17.7. The Hall–Kier alpha value is -0.910. The van der Waals surface area contributed by atoms with Crippen LogP contribution in [0.4, 0.5) is 0 Å². The zero-order valence-corrected chi connectivity index (χ0v) is 20.1. The van der Waals surface area contributed by atoms with Crippen LogP contribution in [-0.4, -0.2) is 46.7 Å². The lowest BCUT2D eigenvalue weighted by Gasteiger charge is -2.15. The maximum absolute atomic E-state index is 11.7. The van der Waals surface area contributed by atoms with Gasteiger partial charge in [0.1, 0.15) is 18.8 Å². The van der Waals surface area contributed by atoms with Crippen LogP contribution in [0.5, 0.6) is 0 Å². The molecule has 0 fully saturated rings. The van der Waals surface area contributed by atoms with Crippen LogP contribution in [0.1, 0.15) is 98.8 Å². The number of hydrogen-bond donors (Lipinski definition) is 3. The van der Waals surface area contributed by atoms with Crippen LogP contribution in [0, 0.1) is 17.8 Å². The molecule has 0 radical (unpaired) electrons. The summed E-state index contributed by atoms with van der Waals surface area (Å²) in [5, 5.41) is 27.4. The molecule has 0 bridgehead atoms. The molecule has 0 aliphatic heterocycles. The van der Waals surface area contributed by atoms with Crippen molar-refractivity contribution >= 4 is 5.97 Å². The van der Waals surface area contributed by atoms with Gasteiger partial charge in [-0.1, -0.05) is 84.3 Å². The maximum Gasteiger partial charge on any atom is 0.309 e. The van der Waals surface area contributed by atoms with Gasteiger partial charge in [0.15, 0.2) is 0 Å². The van der Waals surface area contributed by atoms with Gasteiger partial charge in [-0.2, -0.15) is 0 Å². The summed E-state index contributed by atoms with van der Waals surface area (Å²) >= 11 is 0. The molecule has 0 aromatic carbocycles. The third-order valence-electron chi connectivity index (χ3n) is 5.80. The lowest BCUT2D eigenvalue weighted by Crippen LogP contribution is -2.34. The van der Waals surface area contributed by atoms with Crippen LogP contribution in [-0.2, 0) is 9.53 Å². The van der Waals surface area contributed by atoms with E-state index in [1.165, 1.54) is 50.5 Å². The van der Waals surface area contributed by atoms with Gasteiger partial charge in [-0.3, -0.25) is 4.79 Å². The number of hydrogen-bond acceptors (Lipinski definition) is 5. The first-order valence-electron chi connectivity index (χ1n) is 11.9. The fourth-order valence-corrected chi connectivity index (χ4v) is 3.54. The smallest absolute Gasteiger partial charge is 0.309 e. The Morgan fingerprint density at radius 1 is 0.867 bits per heavy atom. The van der Waals surface area contributed by atoms with Gasteiger partial charge in [0.2, 0.25) is 0 Å². The Morgan fingerprint density at radius 3 is 1.93 bits per heavy atom. The summed E-state index contributed by atoms with van der Waals surface area (Å²) in [4.78, 5) is 11.7. The van der Waals surface area contributed by atoms with Crippen molar-refractivity contribution in [1.82, 2.24) is 0 Å². The van der Waals surface area contributed by atoms with Gasteiger partial charge >= 0.3 is 5.97 Å². The highest BCUT2D eigenvalue weighted by Crippen LogP contribution is 2.22. The second-order valence-corrected chi connectivity index (χ2v) is 9.61. The van der Waals surface area contributed by atoms with E-state index in [1.807, 2.05) is 13.0 Å². The molecule has 0 aliphatic rings. The summed E-state index contributed by atoms with van der Waals surface area (Å²) in [5.74, 6) is 1.97. The largest absolute Gasteiger partial charge is 0.463 e. The van der Waals surface area contributed by atoms with Crippen molar-refractivity contribution in [2.24, 2.45) is 17.8 Å². The lowest BCUT2D eigenvalue weighted by molar-refractivity contribution is -0.148. The Balaban J connectivity index is 3.83. The SMILES string of the molecule is CC(=CCC(=O)OC[C@H](O)[C@H](O)CO)CCCC(C)CCCC(C)CCCC(C)C. The molecule has 0 aromatic heterocycles. The minimum atomic E-state index is -1.29. The van der Waals surface area contributed by atoms with Crippen LogP contribution in [0.2, 0.25) is 0 Å². The predicted octanol–water partition coefficient (Wildman–Crippen LogP) is 5.02. The van der Waals surface area contributed by atoms with Gasteiger partial charge in [-0.05, 0) is 37.5 Å². The van der Waals surface area contributed by atoms with Crippen LogP contribution in [0.25, 0.3) is 0 Å². The van der Waals surface area contributed by atoms with Gasteiger partial charge in [0.05, 0.1) is 13.0 Å². The Morgan fingerprint density at radius 2 is 1.40 bits per heavy atom. The summed E-state index contributed by atoms with van der Waals surface area (Å²) in [6.07, 6.45) is 10.8. The highest BCUT2D eigenvalue weighted by molar-refractivity contribution is 5.71. The molecule has 0 aliphatic carbocycles. The zero-order valence-electron chi connectivity index (χ0n) is 20.1. The Bertz CT molecular complexity index is 460. The monoisotopic (exact) mass is 428 g/mol. The molecule has 5 nitrogen and oxygen atoms in total. The number of allylic oxidation sites excluding steroid dienone is 1. The number of ether oxygens (including phenoxy) is 1. The molecule has 0 saturated heterocycles. The predicted molar refractivity (Wildman–Crippen MR) is 123 cm³/mol. The number of esters is 1.